The molecule has 29 heavy (non-hydrogen) atoms. The number of nitrogens with one attached hydrogen (secondary N) is 1. The second kappa shape index (κ2) is 8.04. The quantitative estimate of drug-likeness (QED) is 0.622. The van der Waals surface area contributed by atoms with Crippen LogP contribution < -0.4 is 19.5 Å². The van der Waals surface area contributed by atoms with Crippen molar-refractivity contribution in [3.8, 4) is 28.6 Å². The van der Waals surface area contributed by atoms with Crippen LogP contribution in [-0.2, 0) is 11.8 Å². The fourth-order valence-electron chi connectivity index (χ4n) is 2.96. The summed E-state index contributed by atoms with van der Waals surface area (Å²) < 4.78 is 17.9. The van der Waals surface area contributed by atoms with Gasteiger partial charge in [0.1, 0.15) is 5.75 Å². The highest BCUT2D eigenvalue weighted by molar-refractivity contribution is 7.99. The fourth-order valence-corrected chi connectivity index (χ4v) is 3.67. The van der Waals surface area contributed by atoms with E-state index < -0.39 is 0 Å². The zero-order chi connectivity index (χ0) is 20.4. The van der Waals surface area contributed by atoms with E-state index in [0.717, 1.165) is 11.1 Å². The van der Waals surface area contributed by atoms with E-state index in [1.54, 1.807) is 7.11 Å². The Bertz CT molecular complexity index is 1070. The van der Waals surface area contributed by atoms with Gasteiger partial charge in [0, 0.05) is 12.6 Å². The molecule has 0 fully saturated rings. The molecule has 1 aromatic heterocycles. The third kappa shape index (κ3) is 4.00. The van der Waals surface area contributed by atoms with Gasteiger partial charge in [0.15, 0.2) is 22.5 Å². The normalized spacial score (nSPS) is 12.1. The molecule has 8 nitrogen and oxygen atoms in total. The zero-order valence-corrected chi connectivity index (χ0v) is 17.1. The number of aromatic nitrogens is 3. The summed E-state index contributed by atoms with van der Waals surface area (Å²) in [6, 6.07) is 11.3. The maximum atomic E-state index is 12.4. The molecule has 1 N–H and O–H groups in total. The molecule has 4 rings (SSSR count). The van der Waals surface area contributed by atoms with E-state index in [-0.39, 0.29) is 18.5 Å². The molecule has 0 aliphatic carbocycles. The average molecular weight is 412 g/mol. The lowest BCUT2D eigenvalue weighted by Crippen LogP contribution is -2.15. The van der Waals surface area contributed by atoms with Gasteiger partial charge in [0.25, 0.3) is 0 Å². The van der Waals surface area contributed by atoms with Crippen molar-refractivity contribution in [2.45, 2.75) is 12.1 Å². The van der Waals surface area contributed by atoms with Gasteiger partial charge in [-0.1, -0.05) is 17.8 Å². The van der Waals surface area contributed by atoms with Crippen molar-refractivity contribution in [3.63, 3.8) is 0 Å². The number of aryl methyl sites for hydroxylation is 1. The summed E-state index contributed by atoms with van der Waals surface area (Å²) in [5, 5.41) is 12.0. The molecule has 0 spiro atoms. The third-order valence-corrected chi connectivity index (χ3v) is 5.45. The number of nitrogens with zero attached hydrogens (tertiary/aromatic N) is 3. The van der Waals surface area contributed by atoms with Gasteiger partial charge < -0.3 is 24.1 Å². The first kappa shape index (κ1) is 19.1. The standard InChI is InChI=1S/C20H20N4O4S/c1-12-4-6-15(26-3)14(8-12)21-18(25)10-29-20-23-22-19(24(20)2)13-5-7-16-17(9-13)28-11-27-16/h4-9H,10-11H2,1-3H3,(H,21,25). The van der Waals surface area contributed by atoms with Gasteiger partial charge in [-0.3, -0.25) is 4.79 Å². The summed E-state index contributed by atoms with van der Waals surface area (Å²) in [5.74, 6) is 2.76. The molecule has 1 aliphatic rings. The second-order valence-corrected chi connectivity index (χ2v) is 7.42. The lowest BCUT2D eigenvalue weighted by atomic mass is 10.2. The van der Waals surface area contributed by atoms with Gasteiger partial charge in [-0.05, 0) is 42.8 Å². The second-order valence-electron chi connectivity index (χ2n) is 6.47. The Morgan fingerprint density at radius 2 is 2.03 bits per heavy atom. The maximum Gasteiger partial charge on any atom is 0.234 e. The molecule has 9 heteroatoms. The largest absolute Gasteiger partial charge is 0.495 e. The zero-order valence-electron chi connectivity index (χ0n) is 16.3. The first-order valence-corrected chi connectivity index (χ1v) is 9.90. The van der Waals surface area contributed by atoms with Crippen LogP contribution in [0.2, 0.25) is 0 Å². The molecule has 0 unspecified atom stereocenters. The van der Waals surface area contributed by atoms with Crippen LogP contribution in [0.15, 0.2) is 41.6 Å². The number of fused-ring (bicyclic) bond motifs is 1. The minimum absolute atomic E-state index is 0.147. The van der Waals surface area contributed by atoms with Crippen molar-refractivity contribution in [2.24, 2.45) is 7.05 Å². The van der Waals surface area contributed by atoms with Gasteiger partial charge in [-0.25, -0.2) is 0 Å². The van der Waals surface area contributed by atoms with E-state index >= 15 is 0 Å². The molecule has 0 bridgehead atoms. The van der Waals surface area contributed by atoms with Crippen LogP contribution in [0.5, 0.6) is 17.2 Å². The Morgan fingerprint density at radius 3 is 2.86 bits per heavy atom. The van der Waals surface area contributed by atoms with E-state index in [0.29, 0.717) is 33.9 Å². The van der Waals surface area contributed by atoms with Crippen molar-refractivity contribution in [1.29, 1.82) is 0 Å². The van der Waals surface area contributed by atoms with E-state index in [2.05, 4.69) is 15.5 Å². The molecular weight excluding hydrogens is 392 g/mol. The number of amides is 1. The molecule has 150 valence electrons. The molecule has 2 heterocycles. The molecule has 3 aromatic rings. The predicted molar refractivity (Wildman–Crippen MR) is 110 cm³/mol. The predicted octanol–water partition coefficient (Wildman–Crippen LogP) is 3.26. The van der Waals surface area contributed by atoms with Crippen LogP contribution in [0.4, 0.5) is 5.69 Å². The summed E-state index contributed by atoms with van der Waals surface area (Å²) in [7, 11) is 3.44. The number of rotatable bonds is 6. The fraction of sp³-hybridized carbons (Fsp3) is 0.250. The SMILES string of the molecule is COc1ccc(C)cc1NC(=O)CSc1nnc(-c2ccc3c(c2)OCO3)n1C. The summed E-state index contributed by atoms with van der Waals surface area (Å²) in [5.41, 5.74) is 2.55. The number of anilines is 1. The van der Waals surface area contributed by atoms with E-state index in [9.17, 15) is 4.79 Å². The number of hydrogen-bond donors (Lipinski definition) is 1. The number of carbonyl (C=O) groups excluding carboxylic acids is 1. The van der Waals surface area contributed by atoms with Crippen LogP contribution >= 0.6 is 11.8 Å². The Labute approximate surface area is 172 Å². The summed E-state index contributed by atoms with van der Waals surface area (Å²) in [6.07, 6.45) is 0. The highest BCUT2D eigenvalue weighted by Gasteiger charge is 2.18. The van der Waals surface area contributed by atoms with Crippen molar-refractivity contribution >= 4 is 23.4 Å². The van der Waals surface area contributed by atoms with Crippen molar-refractivity contribution in [2.75, 3.05) is 25.0 Å². The van der Waals surface area contributed by atoms with Gasteiger partial charge in [-0.15, -0.1) is 10.2 Å². The lowest BCUT2D eigenvalue weighted by molar-refractivity contribution is -0.113. The summed E-state index contributed by atoms with van der Waals surface area (Å²) in [4.78, 5) is 12.4. The maximum absolute atomic E-state index is 12.4. The van der Waals surface area contributed by atoms with Gasteiger partial charge >= 0.3 is 0 Å². The summed E-state index contributed by atoms with van der Waals surface area (Å²) >= 11 is 1.31. The van der Waals surface area contributed by atoms with Gasteiger partial charge in [-0.2, -0.15) is 0 Å². The van der Waals surface area contributed by atoms with Gasteiger partial charge in [0.2, 0.25) is 12.7 Å². The van der Waals surface area contributed by atoms with E-state index in [4.69, 9.17) is 14.2 Å². The minimum Gasteiger partial charge on any atom is -0.495 e. The van der Waals surface area contributed by atoms with Crippen LogP contribution in [-0.4, -0.2) is 40.3 Å². The molecular formula is C20H20N4O4S. The van der Waals surface area contributed by atoms with E-state index in [1.807, 2.05) is 54.9 Å². The highest BCUT2D eigenvalue weighted by Crippen LogP contribution is 2.36. The van der Waals surface area contributed by atoms with E-state index in [1.165, 1.54) is 11.8 Å². The number of carbonyl (C=O) groups is 1. The number of hydrogen-bond acceptors (Lipinski definition) is 7. The van der Waals surface area contributed by atoms with Crippen molar-refractivity contribution < 1.29 is 19.0 Å². The van der Waals surface area contributed by atoms with Crippen LogP contribution in [0.1, 0.15) is 5.56 Å². The van der Waals surface area contributed by atoms with Crippen LogP contribution in [0.25, 0.3) is 11.4 Å². The Morgan fingerprint density at radius 1 is 1.21 bits per heavy atom. The average Bonchev–Trinajstić information content (AvgIpc) is 3.32. The Balaban J connectivity index is 1.43. The molecule has 1 amide bonds. The minimum atomic E-state index is -0.147. The smallest absolute Gasteiger partial charge is 0.234 e. The lowest BCUT2D eigenvalue weighted by Gasteiger charge is -2.11. The Kier molecular flexibility index (Phi) is 5.30. The molecule has 0 saturated carbocycles. The number of thioether (sulfide) groups is 1. The van der Waals surface area contributed by atoms with Gasteiger partial charge in [0.05, 0.1) is 18.6 Å². The van der Waals surface area contributed by atoms with Crippen LogP contribution in [0.3, 0.4) is 0 Å². The summed E-state index contributed by atoms with van der Waals surface area (Å²) in [6.45, 7) is 2.18. The highest BCUT2D eigenvalue weighted by atomic mass is 32.2. The Hall–Kier alpha value is -3.20. The number of ether oxygens (including phenoxy) is 3. The first-order chi connectivity index (χ1) is 14.0. The topological polar surface area (TPSA) is 87.5 Å². The first-order valence-electron chi connectivity index (χ1n) is 8.92. The number of benzene rings is 2. The monoisotopic (exact) mass is 412 g/mol. The molecule has 0 saturated heterocycles. The van der Waals surface area contributed by atoms with Crippen molar-refractivity contribution in [1.82, 2.24) is 14.8 Å². The third-order valence-electron chi connectivity index (χ3n) is 4.43. The molecule has 0 radical (unpaired) electrons. The van der Waals surface area contributed by atoms with Crippen LogP contribution in [0, 0.1) is 6.92 Å². The molecule has 1 aliphatic heterocycles. The van der Waals surface area contributed by atoms with Crippen molar-refractivity contribution in [3.05, 3.63) is 42.0 Å². The molecule has 2 aromatic carbocycles. The number of methoxy groups -OCH3 is 1. The molecule has 0 atom stereocenters.